The molecular formula is C11H18N4O2. The quantitative estimate of drug-likeness (QED) is 0.669. The van der Waals surface area contributed by atoms with Crippen molar-refractivity contribution >= 4 is 5.91 Å². The molecule has 2 heterocycles. The second kappa shape index (κ2) is 5.79. The number of aromatic nitrogens is 2. The normalized spacial score (nSPS) is 23.8. The van der Waals surface area contributed by atoms with Crippen LogP contribution in [-0.2, 0) is 16.1 Å². The maximum absolute atomic E-state index is 11.7. The van der Waals surface area contributed by atoms with Crippen LogP contribution in [0.3, 0.4) is 0 Å². The molecule has 0 bridgehead atoms. The van der Waals surface area contributed by atoms with Crippen LogP contribution in [0.25, 0.3) is 0 Å². The second-order valence-electron chi connectivity index (χ2n) is 4.25. The van der Waals surface area contributed by atoms with Crippen LogP contribution in [0, 0.1) is 5.92 Å². The predicted octanol–water partition coefficient (Wildman–Crippen LogP) is -0.637. The van der Waals surface area contributed by atoms with Gasteiger partial charge in [0.15, 0.2) is 0 Å². The summed E-state index contributed by atoms with van der Waals surface area (Å²) in [5.41, 5.74) is 5.76. The van der Waals surface area contributed by atoms with Gasteiger partial charge in [-0.1, -0.05) is 0 Å². The highest BCUT2D eigenvalue weighted by molar-refractivity contribution is 5.79. The van der Waals surface area contributed by atoms with Gasteiger partial charge in [-0.15, -0.1) is 0 Å². The zero-order chi connectivity index (χ0) is 12.1. The minimum Gasteiger partial charge on any atom is -0.379 e. The van der Waals surface area contributed by atoms with Crippen molar-refractivity contribution in [1.82, 2.24) is 14.9 Å². The first-order valence-corrected chi connectivity index (χ1v) is 5.84. The molecule has 0 spiro atoms. The van der Waals surface area contributed by atoms with E-state index in [1.807, 2.05) is 10.8 Å². The third-order valence-corrected chi connectivity index (χ3v) is 2.91. The van der Waals surface area contributed by atoms with Crippen molar-refractivity contribution in [3.63, 3.8) is 0 Å². The summed E-state index contributed by atoms with van der Waals surface area (Å²) in [5.74, 6) is -0.191. The zero-order valence-electron chi connectivity index (χ0n) is 9.71. The number of hydrogen-bond acceptors (Lipinski definition) is 4. The summed E-state index contributed by atoms with van der Waals surface area (Å²) in [6.07, 6.45) is 6.30. The van der Waals surface area contributed by atoms with Crippen LogP contribution >= 0.6 is 0 Å². The molecule has 1 aromatic heterocycles. The van der Waals surface area contributed by atoms with E-state index in [1.165, 1.54) is 0 Å². The van der Waals surface area contributed by atoms with Crippen LogP contribution in [0.4, 0.5) is 0 Å². The topological polar surface area (TPSA) is 82.2 Å². The Labute approximate surface area is 100 Å². The molecule has 0 aliphatic carbocycles. The van der Waals surface area contributed by atoms with Gasteiger partial charge in [0, 0.05) is 31.5 Å². The lowest BCUT2D eigenvalue weighted by Crippen LogP contribution is -2.41. The highest BCUT2D eigenvalue weighted by Gasteiger charge is 2.30. The van der Waals surface area contributed by atoms with E-state index in [9.17, 15) is 4.79 Å². The fraction of sp³-hybridized carbons (Fsp3) is 0.636. The van der Waals surface area contributed by atoms with Crippen molar-refractivity contribution in [2.75, 3.05) is 19.8 Å². The highest BCUT2D eigenvalue weighted by atomic mass is 16.5. The molecular weight excluding hydrogens is 220 g/mol. The van der Waals surface area contributed by atoms with Crippen molar-refractivity contribution in [3.8, 4) is 0 Å². The number of nitrogens with zero attached hydrogens (tertiary/aromatic N) is 2. The fourth-order valence-electron chi connectivity index (χ4n) is 1.86. The van der Waals surface area contributed by atoms with Gasteiger partial charge in [-0.2, -0.15) is 0 Å². The minimum atomic E-state index is -0.191. The molecule has 1 saturated heterocycles. The lowest BCUT2D eigenvalue weighted by molar-refractivity contribution is -0.125. The Hall–Kier alpha value is -1.40. The molecule has 0 aromatic carbocycles. The maximum Gasteiger partial charge on any atom is 0.227 e. The number of aryl methyl sites for hydroxylation is 1. The minimum absolute atomic E-state index is 0.000584. The molecule has 1 amide bonds. The number of amides is 1. The van der Waals surface area contributed by atoms with Crippen LogP contribution in [0.1, 0.15) is 6.42 Å². The Morgan fingerprint density at radius 2 is 2.47 bits per heavy atom. The third kappa shape index (κ3) is 3.28. The van der Waals surface area contributed by atoms with Gasteiger partial charge < -0.3 is 20.4 Å². The lowest BCUT2D eigenvalue weighted by Gasteiger charge is -2.13. The number of ether oxygens (including phenoxy) is 1. The monoisotopic (exact) mass is 238 g/mol. The molecule has 1 aromatic rings. The first kappa shape index (κ1) is 12.1. The first-order valence-electron chi connectivity index (χ1n) is 5.84. The fourth-order valence-corrected chi connectivity index (χ4v) is 1.86. The van der Waals surface area contributed by atoms with Gasteiger partial charge in [0.05, 0.1) is 25.5 Å². The summed E-state index contributed by atoms with van der Waals surface area (Å²) in [5, 5.41) is 2.88. The van der Waals surface area contributed by atoms with Crippen LogP contribution in [-0.4, -0.2) is 41.3 Å². The summed E-state index contributed by atoms with van der Waals surface area (Å²) in [7, 11) is 0. The average molecular weight is 238 g/mol. The van der Waals surface area contributed by atoms with Crippen molar-refractivity contribution in [1.29, 1.82) is 0 Å². The third-order valence-electron chi connectivity index (χ3n) is 2.91. The number of imidazole rings is 1. The summed E-state index contributed by atoms with van der Waals surface area (Å²) >= 11 is 0. The molecule has 1 aliphatic heterocycles. The molecule has 2 unspecified atom stereocenters. The number of carbonyl (C=O) groups is 1. The number of rotatable bonds is 5. The summed E-state index contributed by atoms with van der Waals surface area (Å²) < 4.78 is 7.14. The Morgan fingerprint density at radius 3 is 3.12 bits per heavy atom. The summed E-state index contributed by atoms with van der Waals surface area (Å²) in [6, 6.07) is -0.163. The van der Waals surface area contributed by atoms with Crippen LogP contribution in [0.15, 0.2) is 18.7 Å². The van der Waals surface area contributed by atoms with E-state index in [1.54, 1.807) is 12.5 Å². The van der Waals surface area contributed by atoms with Crippen molar-refractivity contribution in [3.05, 3.63) is 18.7 Å². The summed E-state index contributed by atoms with van der Waals surface area (Å²) in [6.45, 7) is 2.43. The second-order valence-corrected chi connectivity index (χ2v) is 4.25. The molecule has 2 atom stereocenters. The van der Waals surface area contributed by atoms with E-state index < -0.39 is 0 Å². The Kier molecular flexibility index (Phi) is 4.11. The number of carbonyl (C=O) groups excluding carboxylic acids is 1. The average Bonchev–Trinajstić information content (AvgIpc) is 2.95. The smallest absolute Gasteiger partial charge is 0.227 e. The van der Waals surface area contributed by atoms with Crippen LogP contribution in [0.5, 0.6) is 0 Å². The Morgan fingerprint density at radius 1 is 1.59 bits per heavy atom. The molecule has 3 N–H and O–H groups in total. The number of nitrogens with two attached hydrogens (primary N) is 1. The summed E-state index contributed by atoms with van der Waals surface area (Å²) in [4.78, 5) is 15.7. The van der Waals surface area contributed by atoms with Crippen LogP contribution < -0.4 is 11.1 Å². The molecule has 17 heavy (non-hydrogen) atoms. The zero-order valence-corrected chi connectivity index (χ0v) is 9.71. The van der Waals surface area contributed by atoms with Gasteiger partial charge in [-0.25, -0.2) is 4.98 Å². The van der Waals surface area contributed by atoms with Gasteiger partial charge in [0.2, 0.25) is 5.91 Å². The maximum atomic E-state index is 11.7. The van der Waals surface area contributed by atoms with E-state index >= 15 is 0 Å². The molecule has 1 fully saturated rings. The van der Waals surface area contributed by atoms with Gasteiger partial charge in [0.25, 0.3) is 0 Å². The number of hydrogen-bond donors (Lipinski definition) is 2. The Bertz CT molecular complexity index is 352. The van der Waals surface area contributed by atoms with E-state index in [0.717, 1.165) is 13.0 Å². The molecule has 1 aliphatic rings. The van der Waals surface area contributed by atoms with Gasteiger partial charge in [-0.05, 0) is 6.42 Å². The standard InChI is InChI=1S/C11H18N4O2/c12-10-7-17-6-9(10)11(16)14-2-1-4-15-5-3-13-8-15/h3,5,8-10H,1-2,4,6-7,12H2,(H,14,16). The molecule has 6 nitrogen and oxygen atoms in total. The van der Waals surface area contributed by atoms with E-state index in [-0.39, 0.29) is 17.9 Å². The van der Waals surface area contributed by atoms with Gasteiger partial charge in [0.1, 0.15) is 0 Å². The van der Waals surface area contributed by atoms with Gasteiger partial charge in [-0.3, -0.25) is 4.79 Å². The van der Waals surface area contributed by atoms with Crippen molar-refractivity contribution in [2.45, 2.75) is 19.0 Å². The highest BCUT2D eigenvalue weighted by Crippen LogP contribution is 2.11. The van der Waals surface area contributed by atoms with E-state index in [4.69, 9.17) is 10.5 Å². The van der Waals surface area contributed by atoms with Crippen LogP contribution in [0.2, 0.25) is 0 Å². The van der Waals surface area contributed by atoms with Gasteiger partial charge >= 0.3 is 0 Å². The molecule has 0 radical (unpaired) electrons. The Balaban J connectivity index is 1.63. The lowest BCUT2D eigenvalue weighted by atomic mass is 10.0. The van der Waals surface area contributed by atoms with E-state index in [2.05, 4.69) is 10.3 Å². The van der Waals surface area contributed by atoms with Crippen molar-refractivity contribution in [2.24, 2.45) is 11.7 Å². The van der Waals surface area contributed by atoms with Crippen molar-refractivity contribution < 1.29 is 9.53 Å². The number of nitrogens with one attached hydrogen (secondary N) is 1. The van der Waals surface area contributed by atoms with E-state index in [0.29, 0.717) is 19.8 Å². The first-order chi connectivity index (χ1) is 8.27. The molecule has 0 saturated carbocycles. The molecule has 2 rings (SSSR count). The predicted molar refractivity (Wildman–Crippen MR) is 62.1 cm³/mol. The largest absolute Gasteiger partial charge is 0.379 e. The molecule has 94 valence electrons. The molecule has 6 heteroatoms. The SMILES string of the molecule is NC1COCC1C(=O)NCCCn1ccnc1.